The number of rotatable bonds is 4. The van der Waals surface area contributed by atoms with Crippen LogP contribution in [-0.2, 0) is 6.54 Å². The highest BCUT2D eigenvalue weighted by atomic mass is 16.5. The van der Waals surface area contributed by atoms with E-state index in [-0.39, 0.29) is 5.56 Å². The monoisotopic (exact) mass is 294 g/mol. The van der Waals surface area contributed by atoms with Crippen LogP contribution in [0.5, 0.6) is 5.75 Å². The van der Waals surface area contributed by atoms with Crippen LogP contribution < -0.4 is 10.3 Å². The summed E-state index contributed by atoms with van der Waals surface area (Å²) in [6.45, 7) is 4.86. The van der Waals surface area contributed by atoms with Crippen molar-refractivity contribution in [2.24, 2.45) is 0 Å². The number of aromatic nitrogens is 2. The summed E-state index contributed by atoms with van der Waals surface area (Å²) in [4.78, 5) is 17.2. The van der Waals surface area contributed by atoms with Gasteiger partial charge < -0.3 is 4.74 Å². The summed E-state index contributed by atoms with van der Waals surface area (Å²) in [6, 6.07) is 15.2. The lowest BCUT2D eigenvalue weighted by Crippen LogP contribution is -2.24. The van der Waals surface area contributed by atoms with Gasteiger partial charge in [0, 0.05) is 5.56 Å². The van der Waals surface area contributed by atoms with Gasteiger partial charge in [0.2, 0.25) is 0 Å². The van der Waals surface area contributed by atoms with E-state index in [0.29, 0.717) is 24.4 Å². The molecule has 112 valence electrons. The van der Waals surface area contributed by atoms with Crippen LogP contribution in [0.3, 0.4) is 0 Å². The molecule has 0 amide bonds. The summed E-state index contributed by atoms with van der Waals surface area (Å²) in [6.07, 6.45) is 0. The minimum Gasteiger partial charge on any atom is -0.494 e. The molecule has 22 heavy (non-hydrogen) atoms. The third-order valence-corrected chi connectivity index (χ3v) is 3.65. The Morgan fingerprint density at radius 2 is 1.82 bits per heavy atom. The molecule has 0 saturated heterocycles. The Bertz CT molecular complexity index is 868. The predicted octanol–water partition coefficient (Wildman–Crippen LogP) is 3.15. The zero-order valence-electron chi connectivity index (χ0n) is 12.7. The molecule has 0 bridgehead atoms. The van der Waals surface area contributed by atoms with Gasteiger partial charge in [-0.2, -0.15) is 0 Å². The van der Waals surface area contributed by atoms with E-state index < -0.39 is 0 Å². The van der Waals surface area contributed by atoms with Crippen LogP contribution in [0.4, 0.5) is 0 Å². The third kappa shape index (κ3) is 2.60. The van der Waals surface area contributed by atoms with Crippen LogP contribution in [0.1, 0.15) is 18.3 Å². The van der Waals surface area contributed by atoms with Crippen LogP contribution in [-0.4, -0.2) is 16.2 Å². The SMILES string of the molecule is CCOc1ccccc1Cn1c(C)nc2ccccc2c1=O. The lowest BCUT2D eigenvalue weighted by molar-refractivity contribution is 0.335. The van der Waals surface area contributed by atoms with Crippen LogP contribution in [0.25, 0.3) is 10.9 Å². The second-order valence-electron chi connectivity index (χ2n) is 5.11. The first-order chi connectivity index (χ1) is 10.7. The number of benzene rings is 2. The molecule has 2 aromatic carbocycles. The maximum atomic E-state index is 12.7. The molecule has 0 aliphatic heterocycles. The van der Waals surface area contributed by atoms with Gasteiger partial charge in [-0.05, 0) is 32.0 Å². The van der Waals surface area contributed by atoms with E-state index in [9.17, 15) is 4.79 Å². The van der Waals surface area contributed by atoms with Crippen molar-refractivity contribution in [1.29, 1.82) is 0 Å². The zero-order valence-corrected chi connectivity index (χ0v) is 12.7. The highest BCUT2D eigenvalue weighted by molar-refractivity contribution is 5.77. The summed E-state index contributed by atoms with van der Waals surface area (Å²) < 4.78 is 7.34. The van der Waals surface area contributed by atoms with Gasteiger partial charge >= 0.3 is 0 Å². The highest BCUT2D eigenvalue weighted by Crippen LogP contribution is 2.19. The molecule has 3 aromatic rings. The van der Waals surface area contributed by atoms with E-state index in [2.05, 4.69) is 4.98 Å². The summed E-state index contributed by atoms with van der Waals surface area (Å²) in [7, 11) is 0. The molecule has 0 aliphatic rings. The largest absolute Gasteiger partial charge is 0.494 e. The van der Waals surface area contributed by atoms with Crippen molar-refractivity contribution in [2.45, 2.75) is 20.4 Å². The fourth-order valence-corrected chi connectivity index (χ4v) is 2.57. The number of ether oxygens (including phenoxy) is 1. The van der Waals surface area contributed by atoms with Gasteiger partial charge in [-0.25, -0.2) is 4.98 Å². The second-order valence-corrected chi connectivity index (χ2v) is 5.11. The molecule has 1 aromatic heterocycles. The number of nitrogens with zero attached hydrogens (tertiary/aromatic N) is 2. The first-order valence-corrected chi connectivity index (χ1v) is 7.37. The second kappa shape index (κ2) is 6.02. The van der Waals surface area contributed by atoms with E-state index in [1.54, 1.807) is 4.57 Å². The van der Waals surface area contributed by atoms with E-state index in [1.807, 2.05) is 62.4 Å². The standard InChI is InChI=1S/C18H18N2O2/c1-3-22-17-11-7-4-8-14(17)12-20-13(2)19-16-10-6-5-9-15(16)18(20)21/h4-11H,3,12H2,1-2H3. The van der Waals surface area contributed by atoms with Gasteiger partial charge in [-0.1, -0.05) is 30.3 Å². The summed E-state index contributed by atoms with van der Waals surface area (Å²) in [5, 5.41) is 0.641. The molecule has 0 fully saturated rings. The summed E-state index contributed by atoms with van der Waals surface area (Å²) >= 11 is 0. The third-order valence-electron chi connectivity index (χ3n) is 3.65. The lowest BCUT2D eigenvalue weighted by atomic mass is 10.2. The first kappa shape index (κ1) is 14.3. The molecule has 0 atom stereocenters. The van der Waals surface area contributed by atoms with Crippen LogP contribution >= 0.6 is 0 Å². The maximum Gasteiger partial charge on any atom is 0.261 e. The molecule has 3 rings (SSSR count). The van der Waals surface area contributed by atoms with Gasteiger partial charge in [0.1, 0.15) is 11.6 Å². The van der Waals surface area contributed by atoms with Crippen molar-refractivity contribution in [3.05, 3.63) is 70.3 Å². The normalized spacial score (nSPS) is 10.8. The van der Waals surface area contributed by atoms with Crippen molar-refractivity contribution >= 4 is 10.9 Å². The minimum atomic E-state index is -0.0191. The fourth-order valence-electron chi connectivity index (χ4n) is 2.57. The Hall–Kier alpha value is -2.62. The number of aryl methyl sites for hydroxylation is 1. The zero-order chi connectivity index (χ0) is 15.5. The quantitative estimate of drug-likeness (QED) is 0.742. The molecule has 0 unspecified atom stereocenters. The summed E-state index contributed by atoms with van der Waals surface area (Å²) in [5.74, 6) is 1.51. The molecular formula is C18H18N2O2. The molecule has 4 heteroatoms. The molecule has 0 radical (unpaired) electrons. The fraction of sp³-hybridized carbons (Fsp3) is 0.222. The first-order valence-electron chi connectivity index (χ1n) is 7.37. The molecule has 4 nitrogen and oxygen atoms in total. The molecule has 0 N–H and O–H groups in total. The molecule has 0 aliphatic carbocycles. The average molecular weight is 294 g/mol. The Labute approximate surface area is 129 Å². The van der Waals surface area contributed by atoms with Crippen LogP contribution in [0.2, 0.25) is 0 Å². The van der Waals surface area contributed by atoms with Gasteiger partial charge in [0.05, 0.1) is 24.1 Å². The van der Waals surface area contributed by atoms with Gasteiger partial charge in [0.25, 0.3) is 5.56 Å². The smallest absolute Gasteiger partial charge is 0.261 e. The van der Waals surface area contributed by atoms with Crippen LogP contribution in [0, 0.1) is 6.92 Å². The molecule has 0 saturated carbocycles. The number of hydrogen-bond acceptors (Lipinski definition) is 3. The van der Waals surface area contributed by atoms with Gasteiger partial charge in [0.15, 0.2) is 0 Å². The van der Waals surface area contributed by atoms with Crippen LogP contribution in [0.15, 0.2) is 53.3 Å². The minimum absolute atomic E-state index is 0.0191. The summed E-state index contributed by atoms with van der Waals surface area (Å²) in [5.41, 5.74) is 1.69. The van der Waals surface area contributed by atoms with Crippen molar-refractivity contribution in [2.75, 3.05) is 6.61 Å². The maximum absolute atomic E-state index is 12.7. The Morgan fingerprint density at radius 1 is 1.09 bits per heavy atom. The average Bonchev–Trinajstić information content (AvgIpc) is 2.53. The lowest BCUT2D eigenvalue weighted by Gasteiger charge is -2.14. The Morgan fingerprint density at radius 3 is 2.64 bits per heavy atom. The molecular weight excluding hydrogens is 276 g/mol. The topological polar surface area (TPSA) is 44.1 Å². The van der Waals surface area contributed by atoms with Gasteiger partial charge in [-0.15, -0.1) is 0 Å². The molecule has 1 heterocycles. The van der Waals surface area contributed by atoms with E-state index in [0.717, 1.165) is 16.8 Å². The van der Waals surface area contributed by atoms with Gasteiger partial charge in [-0.3, -0.25) is 9.36 Å². The Kier molecular flexibility index (Phi) is 3.92. The molecule has 0 spiro atoms. The van der Waals surface area contributed by atoms with E-state index in [4.69, 9.17) is 4.74 Å². The Balaban J connectivity index is 2.10. The van der Waals surface area contributed by atoms with Crippen molar-refractivity contribution in [1.82, 2.24) is 9.55 Å². The van der Waals surface area contributed by atoms with E-state index >= 15 is 0 Å². The van der Waals surface area contributed by atoms with Crippen molar-refractivity contribution in [3.8, 4) is 5.75 Å². The van der Waals surface area contributed by atoms with Crippen molar-refractivity contribution < 1.29 is 4.74 Å². The number of fused-ring (bicyclic) bond motifs is 1. The number of hydrogen-bond donors (Lipinski definition) is 0. The van der Waals surface area contributed by atoms with Crippen molar-refractivity contribution in [3.63, 3.8) is 0 Å². The predicted molar refractivity (Wildman–Crippen MR) is 87.5 cm³/mol. The highest BCUT2D eigenvalue weighted by Gasteiger charge is 2.10. The van der Waals surface area contributed by atoms with E-state index in [1.165, 1.54) is 0 Å². The number of para-hydroxylation sites is 2.